The molecule has 0 aliphatic heterocycles. The topological polar surface area (TPSA) is 29.5 Å². The van der Waals surface area contributed by atoms with Crippen LogP contribution in [0, 0.1) is 11.6 Å². The van der Waals surface area contributed by atoms with Gasteiger partial charge in [-0.1, -0.05) is 6.07 Å². The average Bonchev–Trinajstić information content (AvgIpc) is 2.15. The Hall–Kier alpha value is -1.00. The molecule has 0 heterocycles. The molecule has 1 aliphatic carbocycles. The van der Waals surface area contributed by atoms with Gasteiger partial charge in [-0.15, -0.1) is 0 Å². The van der Waals surface area contributed by atoms with Crippen molar-refractivity contribution in [2.45, 2.75) is 31.5 Å². The minimum atomic E-state index is -1.20. The molecular formula is C12H14F2O2. The number of aliphatic hydroxyl groups is 1. The lowest BCUT2D eigenvalue weighted by Crippen LogP contribution is -2.46. The summed E-state index contributed by atoms with van der Waals surface area (Å²) in [5.41, 5.74) is -1.04. The van der Waals surface area contributed by atoms with Gasteiger partial charge in [-0.05, 0) is 13.0 Å². The molecule has 2 rings (SSSR count). The van der Waals surface area contributed by atoms with E-state index in [0.29, 0.717) is 19.4 Å². The maximum atomic E-state index is 13.4. The predicted molar refractivity (Wildman–Crippen MR) is 54.9 cm³/mol. The van der Waals surface area contributed by atoms with E-state index in [1.807, 2.05) is 6.92 Å². The summed E-state index contributed by atoms with van der Waals surface area (Å²) in [6.45, 7) is 2.45. The molecule has 0 amide bonds. The number of halogens is 2. The molecule has 1 aromatic rings. The monoisotopic (exact) mass is 228 g/mol. The van der Waals surface area contributed by atoms with Crippen molar-refractivity contribution in [1.29, 1.82) is 0 Å². The molecule has 0 bridgehead atoms. The lowest BCUT2D eigenvalue weighted by atomic mass is 9.72. The SMILES string of the molecule is CCOC1CC(O)(c2ccc(F)cc2F)C1. The molecule has 16 heavy (non-hydrogen) atoms. The fourth-order valence-corrected chi connectivity index (χ4v) is 2.13. The molecule has 2 nitrogen and oxygen atoms in total. The highest BCUT2D eigenvalue weighted by Gasteiger charge is 2.46. The fourth-order valence-electron chi connectivity index (χ4n) is 2.13. The molecule has 1 fully saturated rings. The molecule has 1 aromatic carbocycles. The third-order valence-corrected chi connectivity index (χ3v) is 2.97. The minimum Gasteiger partial charge on any atom is -0.385 e. The van der Waals surface area contributed by atoms with Crippen LogP contribution in [-0.2, 0) is 10.3 Å². The third-order valence-electron chi connectivity index (χ3n) is 2.97. The van der Waals surface area contributed by atoms with E-state index in [9.17, 15) is 13.9 Å². The Balaban J connectivity index is 2.14. The highest BCUT2D eigenvalue weighted by atomic mass is 19.1. The highest BCUT2D eigenvalue weighted by Crippen LogP contribution is 2.43. The van der Waals surface area contributed by atoms with Gasteiger partial charge < -0.3 is 9.84 Å². The van der Waals surface area contributed by atoms with Gasteiger partial charge in [0.2, 0.25) is 0 Å². The Labute approximate surface area is 92.9 Å². The first-order valence-corrected chi connectivity index (χ1v) is 5.34. The van der Waals surface area contributed by atoms with E-state index in [2.05, 4.69) is 0 Å². The van der Waals surface area contributed by atoms with Crippen LogP contribution >= 0.6 is 0 Å². The average molecular weight is 228 g/mol. The summed E-state index contributed by atoms with van der Waals surface area (Å²) in [5.74, 6) is -1.33. The Bertz CT molecular complexity index is 387. The summed E-state index contributed by atoms with van der Waals surface area (Å²) in [6, 6.07) is 3.25. The first-order valence-electron chi connectivity index (χ1n) is 5.34. The van der Waals surface area contributed by atoms with Gasteiger partial charge in [-0.25, -0.2) is 8.78 Å². The van der Waals surface area contributed by atoms with Crippen LogP contribution in [0.3, 0.4) is 0 Å². The van der Waals surface area contributed by atoms with Crippen molar-refractivity contribution >= 4 is 0 Å². The van der Waals surface area contributed by atoms with Crippen LogP contribution in [0.5, 0.6) is 0 Å². The van der Waals surface area contributed by atoms with Gasteiger partial charge in [0.25, 0.3) is 0 Å². The first kappa shape index (κ1) is 11.5. The van der Waals surface area contributed by atoms with E-state index in [4.69, 9.17) is 4.74 Å². The summed E-state index contributed by atoms with van der Waals surface area (Å²) in [7, 11) is 0. The van der Waals surface area contributed by atoms with Crippen molar-refractivity contribution < 1.29 is 18.6 Å². The predicted octanol–water partition coefficient (Wildman–Crippen LogP) is 2.35. The zero-order valence-electron chi connectivity index (χ0n) is 9.04. The van der Waals surface area contributed by atoms with Crippen molar-refractivity contribution in [3.63, 3.8) is 0 Å². The second-order valence-electron chi connectivity index (χ2n) is 4.14. The van der Waals surface area contributed by atoms with Gasteiger partial charge in [-0.3, -0.25) is 0 Å². The summed E-state index contributed by atoms with van der Waals surface area (Å²) in [6.07, 6.45) is 0.701. The largest absolute Gasteiger partial charge is 0.385 e. The van der Waals surface area contributed by atoms with Crippen molar-refractivity contribution in [3.05, 3.63) is 35.4 Å². The van der Waals surface area contributed by atoms with Crippen molar-refractivity contribution in [2.75, 3.05) is 6.61 Å². The van der Waals surface area contributed by atoms with E-state index < -0.39 is 17.2 Å². The molecule has 0 unspecified atom stereocenters. The summed E-state index contributed by atoms with van der Waals surface area (Å²) in [4.78, 5) is 0. The van der Waals surface area contributed by atoms with Crippen molar-refractivity contribution in [2.24, 2.45) is 0 Å². The van der Waals surface area contributed by atoms with E-state index >= 15 is 0 Å². The maximum absolute atomic E-state index is 13.4. The van der Waals surface area contributed by atoms with E-state index in [-0.39, 0.29) is 11.7 Å². The van der Waals surface area contributed by atoms with Crippen LogP contribution in [0.2, 0.25) is 0 Å². The quantitative estimate of drug-likeness (QED) is 0.860. The first-order chi connectivity index (χ1) is 7.55. The molecule has 0 aromatic heterocycles. The fraction of sp³-hybridized carbons (Fsp3) is 0.500. The number of benzene rings is 1. The molecule has 88 valence electrons. The third kappa shape index (κ3) is 1.95. The van der Waals surface area contributed by atoms with Crippen molar-refractivity contribution in [1.82, 2.24) is 0 Å². The summed E-state index contributed by atoms with van der Waals surface area (Å²) in [5, 5.41) is 10.1. The number of hydrogen-bond donors (Lipinski definition) is 1. The molecule has 0 saturated heterocycles. The second kappa shape index (κ2) is 4.11. The van der Waals surface area contributed by atoms with Crippen molar-refractivity contribution in [3.8, 4) is 0 Å². The molecule has 4 heteroatoms. The Kier molecular flexibility index (Phi) is 2.95. The molecule has 0 spiro atoms. The zero-order valence-corrected chi connectivity index (χ0v) is 9.04. The smallest absolute Gasteiger partial charge is 0.132 e. The Morgan fingerprint density at radius 3 is 2.69 bits per heavy atom. The van der Waals surface area contributed by atoms with Crippen LogP contribution in [0.15, 0.2) is 18.2 Å². The molecule has 1 N–H and O–H groups in total. The van der Waals surface area contributed by atoms with Gasteiger partial charge in [0.1, 0.15) is 11.6 Å². The standard InChI is InChI=1S/C12H14F2O2/c1-2-16-9-6-12(15,7-9)10-4-3-8(13)5-11(10)14/h3-5,9,15H,2,6-7H2,1H3. The van der Waals surface area contributed by atoms with Gasteiger partial charge in [-0.2, -0.15) is 0 Å². The molecule has 0 atom stereocenters. The number of hydrogen-bond acceptors (Lipinski definition) is 2. The summed E-state index contributed by atoms with van der Waals surface area (Å²) < 4.78 is 31.4. The van der Waals surface area contributed by atoms with Gasteiger partial charge in [0.15, 0.2) is 0 Å². The lowest BCUT2D eigenvalue weighted by molar-refractivity contribution is -0.144. The maximum Gasteiger partial charge on any atom is 0.132 e. The van der Waals surface area contributed by atoms with E-state index in [1.165, 1.54) is 6.07 Å². The second-order valence-corrected chi connectivity index (χ2v) is 4.14. The van der Waals surface area contributed by atoms with E-state index in [0.717, 1.165) is 12.1 Å². The van der Waals surface area contributed by atoms with Gasteiger partial charge in [0.05, 0.1) is 11.7 Å². The molecular weight excluding hydrogens is 214 g/mol. The van der Waals surface area contributed by atoms with Gasteiger partial charge >= 0.3 is 0 Å². The number of ether oxygens (including phenoxy) is 1. The normalized spacial score (nSPS) is 28.9. The lowest BCUT2D eigenvalue weighted by Gasteiger charge is -2.43. The van der Waals surface area contributed by atoms with Crippen LogP contribution in [0.1, 0.15) is 25.3 Å². The van der Waals surface area contributed by atoms with Crippen LogP contribution < -0.4 is 0 Å². The Morgan fingerprint density at radius 1 is 1.44 bits per heavy atom. The minimum absolute atomic E-state index is 0.0283. The highest BCUT2D eigenvalue weighted by molar-refractivity contribution is 5.28. The summed E-state index contributed by atoms with van der Waals surface area (Å²) >= 11 is 0. The van der Waals surface area contributed by atoms with E-state index in [1.54, 1.807) is 0 Å². The van der Waals surface area contributed by atoms with Crippen LogP contribution in [0.25, 0.3) is 0 Å². The molecule has 0 radical (unpaired) electrons. The van der Waals surface area contributed by atoms with Crippen LogP contribution in [-0.4, -0.2) is 17.8 Å². The molecule has 1 aliphatic rings. The molecule has 1 saturated carbocycles. The number of rotatable bonds is 3. The van der Waals surface area contributed by atoms with Gasteiger partial charge in [0, 0.05) is 31.1 Å². The van der Waals surface area contributed by atoms with Crippen LogP contribution in [0.4, 0.5) is 8.78 Å². The Morgan fingerprint density at radius 2 is 2.12 bits per heavy atom. The zero-order chi connectivity index (χ0) is 11.8.